The van der Waals surface area contributed by atoms with Gasteiger partial charge in [0.15, 0.2) is 11.5 Å². The molecule has 112 valence electrons. The Hall–Kier alpha value is -2.83. The van der Waals surface area contributed by atoms with Crippen molar-refractivity contribution in [2.45, 2.75) is 6.42 Å². The summed E-state index contributed by atoms with van der Waals surface area (Å²) in [5.41, 5.74) is 1.73. The van der Waals surface area contributed by atoms with Crippen LogP contribution in [-0.4, -0.2) is 33.6 Å². The minimum absolute atomic E-state index is 0.284. The monoisotopic (exact) mass is 299 g/mol. The number of anilines is 1. The van der Waals surface area contributed by atoms with E-state index in [1.807, 2.05) is 0 Å². The van der Waals surface area contributed by atoms with E-state index in [-0.39, 0.29) is 5.82 Å². The highest BCUT2D eigenvalue weighted by molar-refractivity contribution is 5.81. The van der Waals surface area contributed by atoms with E-state index in [0.717, 1.165) is 0 Å². The minimum atomic E-state index is -0.284. The van der Waals surface area contributed by atoms with Gasteiger partial charge in [-0.05, 0) is 18.1 Å². The summed E-state index contributed by atoms with van der Waals surface area (Å²) < 4.78 is 18.8. The van der Waals surface area contributed by atoms with Gasteiger partial charge >= 0.3 is 0 Å². The number of hydrogen-bond donors (Lipinski definition) is 1. The lowest BCUT2D eigenvalue weighted by atomic mass is 10.1. The van der Waals surface area contributed by atoms with Crippen molar-refractivity contribution in [2.24, 2.45) is 0 Å². The average Bonchev–Trinajstić information content (AvgIpc) is 2.56. The van der Waals surface area contributed by atoms with Crippen LogP contribution in [0.2, 0.25) is 0 Å². The molecule has 0 atom stereocenters. The fourth-order valence-corrected chi connectivity index (χ4v) is 2.10. The van der Waals surface area contributed by atoms with E-state index in [4.69, 9.17) is 4.74 Å². The molecule has 0 saturated carbocycles. The Bertz CT molecular complexity index is 790. The molecule has 22 heavy (non-hydrogen) atoms. The molecule has 3 rings (SSSR count). The summed E-state index contributed by atoms with van der Waals surface area (Å²) in [7, 11) is 1.51. The van der Waals surface area contributed by atoms with Crippen LogP contribution in [0.25, 0.3) is 11.2 Å². The summed E-state index contributed by atoms with van der Waals surface area (Å²) in [5.74, 6) is 0.812. The molecule has 0 aliphatic heterocycles. The maximum atomic E-state index is 13.9. The van der Waals surface area contributed by atoms with Crippen LogP contribution in [0.5, 0.6) is 5.75 Å². The molecule has 3 aromatic rings. The first kappa shape index (κ1) is 14.1. The van der Waals surface area contributed by atoms with Crippen molar-refractivity contribution in [1.82, 2.24) is 19.9 Å². The first-order valence-corrected chi connectivity index (χ1v) is 6.76. The summed E-state index contributed by atoms with van der Waals surface area (Å²) in [5, 5.41) is 3.14. The summed E-state index contributed by atoms with van der Waals surface area (Å²) in [6.07, 6.45) is 5.10. The normalized spacial score (nSPS) is 10.6. The van der Waals surface area contributed by atoms with Crippen LogP contribution in [-0.2, 0) is 6.42 Å². The molecule has 0 aliphatic carbocycles. The van der Waals surface area contributed by atoms with Gasteiger partial charge in [0, 0.05) is 25.0 Å². The molecule has 0 bridgehead atoms. The number of methoxy groups -OCH3 is 1. The summed E-state index contributed by atoms with van der Waals surface area (Å²) in [4.78, 5) is 16.5. The van der Waals surface area contributed by atoms with Gasteiger partial charge in [-0.15, -0.1) is 0 Å². The van der Waals surface area contributed by atoms with E-state index in [0.29, 0.717) is 41.3 Å². The fourth-order valence-electron chi connectivity index (χ4n) is 2.10. The highest BCUT2D eigenvalue weighted by Crippen LogP contribution is 2.17. The molecule has 1 N–H and O–H groups in total. The smallest absolute Gasteiger partial charge is 0.183 e. The average molecular weight is 299 g/mol. The second-order valence-electron chi connectivity index (χ2n) is 4.58. The van der Waals surface area contributed by atoms with E-state index in [2.05, 4.69) is 25.3 Å². The highest BCUT2D eigenvalue weighted by atomic mass is 19.1. The maximum absolute atomic E-state index is 13.9. The van der Waals surface area contributed by atoms with Crippen molar-refractivity contribution < 1.29 is 9.13 Å². The van der Waals surface area contributed by atoms with Gasteiger partial charge in [0.1, 0.15) is 23.4 Å². The van der Waals surface area contributed by atoms with Gasteiger partial charge in [-0.25, -0.2) is 24.3 Å². The minimum Gasteiger partial charge on any atom is -0.497 e. The van der Waals surface area contributed by atoms with Gasteiger partial charge in [-0.3, -0.25) is 0 Å². The number of nitrogens with one attached hydrogen (secondary N) is 1. The Balaban J connectivity index is 1.70. The number of ether oxygens (including phenoxy) is 1. The third-order valence-corrected chi connectivity index (χ3v) is 3.22. The Kier molecular flexibility index (Phi) is 4.04. The molecule has 0 saturated heterocycles. The van der Waals surface area contributed by atoms with E-state index >= 15 is 0 Å². The van der Waals surface area contributed by atoms with Crippen molar-refractivity contribution in [1.29, 1.82) is 0 Å². The predicted octanol–water partition coefficient (Wildman–Crippen LogP) is 2.22. The molecular formula is C15H14FN5O. The van der Waals surface area contributed by atoms with Crippen molar-refractivity contribution in [2.75, 3.05) is 19.0 Å². The number of hydrogen-bond acceptors (Lipinski definition) is 6. The zero-order chi connectivity index (χ0) is 15.4. The molecule has 0 radical (unpaired) electrons. The number of aromatic nitrogens is 4. The zero-order valence-corrected chi connectivity index (χ0v) is 12.0. The first-order valence-electron chi connectivity index (χ1n) is 6.76. The number of halogens is 1. The zero-order valence-electron chi connectivity index (χ0n) is 12.0. The summed E-state index contributed by atoms with van der Waals surface area (Å²) >= 11 is 0. The Morgan fingerprint density at radius 1 is 1.14 bits per heavy atom. The van der Waals surface area contributed by atoms with Gasteiger partial charge in [0.25, 0.3) is 0 Å². The summed E-state index contributed by atoms with van der Waals surface area (Å²) in [6.45, 7) is 0.520. The molecular weight excluding hydrogens is 285 g/mol. The molecule has 1 aromatic carbocycles. The Morgan fingerprint density at radius 3 is 2.82 bits per heavy atom. The third kappa shape index (κ3) is 2.93. The molecule has 0 unspecified atom stereocenters. The number of fused-ring (bicyclic) bond motifs is 1. The maximum Gasteiger partial charge on any atom is 0.183 e. The number of nitrogens with zero attached hydrogens (tertiary/aromatic N) is 4. The second-order valence-corrected chi connectivity index (χ2v) is 4.58. The lowest BCUT2D eigenvalue weighted by Crippen LogP contribution is -2.09. The van der Waals surface area contributed by atoms with E-state index in [1.165, 1.54) is 19.5 Å². The lowest BCUT2D eigenvalue weighted by molar-refractivity contribution is 0.410. The molecule has 0 fully saturated rings. The number of rotatable bonds is 5. The van der Waals surface area contributed by atoms with Gasteiger partial charge in [0.05, 0.1) is 7.11 Å². The van der Waals surface area contributed by atoms with Crippen molar-refractivity contribution in [3.63, 3.8) is 0 Å². The SMILES string of the molecule is COc1ccc(CCNc2ncnc3nccnc23)c(F)c1. The van der Waals surface area contributed by atoms with Crippen molar-refractivity contribution in [3.8, 4) is 5.75 Å². The first-order chi connectivity index (χ1) is 10.8. The second kappa shape index (κ2) is 6.30. The largest absolute Gasteiger partial charge is 0.497 e. The summed E-state index contributed by atoms with van der Waals surface area (Å²) in [6, 6.07) is 4.83. The quantitative estimate of drug-likeness (QED) is 0.779. The van der Waals surface area contributed by atoms with Crippen LogP contribution < -0.4 is 10.1 Å². The molecule has 6 nitrogen and oxygen atoms in total. The van der Waals surface area contributed by atoms with Crippen LogP contribution >= 0.6 is 0 Å². The Labute approximate surface area is 126 Å². The van der Waals surface area contributed by atoms with Crippen LogP contribution in [0.3, 0.4) is 0 Å². The molecule has 0 aliphatic rings. The number of benzene rings is 1. The lowest BCUT2D eigenvalue weighted by Gasteiger charge is -2.08. The fraction of sp³-hybridized carbons (Fsp3) is 0.200. The third-order valence-electron chi connectivity index (χ3n) is 3.22. The van der Waals surface area contributed by atoms with E-state index in [1.54, 1.807) is 24.5 Å². The molecule has 2 heterocycles. The van der Waals surface area contributed by atoms with Gasteiger partial charge in [0.2, 0.25) is 0 Å². The topological polar surface area (TPSA) is 72.8 Å². The van der Waals surface area contributed by atoms with E-state index < -0.39 is 0 Å². The predicted molar refractivity (Wildman–Crippen MR) is 80.3 cm³/mol. The molecule has 2 aromatic heterocycles. The van der Waals surface area contributed by atoms with Gasteiger partial charge in [-0.1, -0.05) is 6.07 Å². The van der Waals surface area contributed by atoms with Gasteiger partial charge in [-0.2, -0.15) is 0 Å². The van der Waals surface area contributed by atoms with E-state index in [9.17, 15) is 4.39 Å². The van der Waals surface area contributed by atoms with Crippen LogP contribution in [0, 0.1) is 5.82 Å². The van der Waals surface area contributed by atoms with Crippen LogP contribution in [0.1, 0.15) is 5.56 Å². The standard InChI is InChI=1S/C15H14FN5O/c1-22-11-3-2-10(12(16)8-11)4-5-18-14-13-15(21-9-20-14)19-7-6-17-13/h2-3,6-9H,4-5H2,1H3,(H,18,19,20,21). The Morgan fingerprint density at radius 2 is 2.00 bits per heavy atom. The molecule has 0 spiro atoms. The van der Waals surface area contributed by atoms with Crippen molar-refractivity contribution in [3.05, 3.63) is 48.3 Å². The van der Waals surface area contributed by atoms with Gasteiger partial charge < -0.3 is 10.1 Å². The molecule has 7 heteroatoms. The van der Waals surface area contributed by atoms with Crippen LogP contribution in [0.15, 0.2) is 36.9 Å². The van der Waals surface area contributed by atoms with Crippen molar-refractivity contribution >= 4 is 17.0 Å². The van der Waals surface area contributed by atoms with Crippen LogP contribution in [0.4, 0.5) is 10.2 Å². The highest BCUT2D eigenvalue weighted by Gasteiger charge is 2.07. The molecule has 0 amide bonds.